The quantitative estimate of drug-likeness (QED) is 0.711. The number of nitrogens with zero attached hydrogens (tertiary/aromatic N) is 2. The van der Waals surface area contributed by atoms with Crippen molar-refractivity contribution < 1.29 is 9.59 Å². The van der Waals surface area contributed by atoms with Crippen molar-refractivity contribution in [1.82, 2.24) is 4.98 Å². The van der Waals surface area contributed by atoms with Gasteiger partial charge in [0.2, 0.25) is 5.91 Å². The highest BCUT2D eigenvalue weighted by molar-refractivity contribution is 6.16. The number of nitrogens with two attached hydrogens (primary N) is 1. The maximum atomic E-state index is 13.3. The number of hydrogen-bond acceptors (Lipinski definition) is 4. The normalized spacial score (nSPS) is 15.0. The van der Waals surface area contributed by atoms with Gasteiger partial charge in [0.15, 0.2) is 5.78 Å². The molecule has 0 spiro atoms. The minimum Gasteiger partial charge on any atom is -0.370 e. The third-order valence-corrected chi connectivity index (χ3v) is 5.49. The molecule has 142 valence electrons. The Morgan fingerprint density at radius 2 is 1.79 bits per heavy atom. The van der Waals surface area contributed by atoms with Crippen molar-refractivity contribution in [3.05, 3.63) is 71.4 Å². The first kappa shape index (κ1) is 18.2. The number of piperidine rings is 1. The third-order valence-electron chi connectivity index (χ3n) is 5.49. The number of benzene rings is 2. The van der Waals surface area contributed by atoms with E-state index in [0.717, 1.165) is 22.2 Å². The van der Waals surface area contributed by atoms with Gasteiger partial charge in [-0.1, -0.05) is 42.0 Å². The van der Waals surface area contributed by atoms with Crippen LogP contribution in [0.1, 0.15) is 34.3 Å². The lowest BCUT2D eigenvalue weighted by molar-refractivity contribution is -0.122. The van der Waals surface area contributed by atoms with Gasteiger partial charge in [0.25, 0.3) is 0 Å². The van der Waals surface area contributed by atoms with E-state index in [4.69, 9.17) is 5.73 Å². The Morgan fingerprint density at radius 3 is 2.46 bits per heavy atom. The average Bonchev–Trinajstić information content (AvgIpc) is 2.73. The zero-order valence-electron chi connectivity index (χ0n) is 15.9. The predicted octanol–water partition coefficient (Wildman–Crippen LogP) is 3.48. The lowest BCUT2D eigenvalue weighted by Gasteiger charge is -2.34. The molecule has 0 saturated carbocycles. The van der Waals surface area contributed by atoms with E-state index < -0.39 is 0 Å². The highest BCUT2D eigenvalue weighted by atomic mass is 16.1. The van der Waals surface area contributed by atoms with Crippen molar-refractivity contribution in [2.45, 2.75) is 19.8 Å². The molecule has 4 rings (SSSR count). The van der Waals surface area contributed by atoms with Gasteiger partial charge in [-0.15, -0.1) is 0 Å². The van der Waals surface area contributed by atoms with Crippen LogP contribution in [0.3, 0.4) is 0 Å². The van der Waals surface area contributed by atoms with Crippen molar-refractivity contribution in [2.75, 3.05) is 18.0 Å². The van der Waals surface area contributed by atoms with Crippen LogP contribution in [-0.4, -0.2) is 29.8 Å². The third kappa shape index (κ3) is 3.36. The highest BCUT2D eigenvalue weighted by Gasteiger charge is 2.27. The van der Waals surface area contributed by atoms with Gasteiger partial charge >= 0.3 is 0 Å². The smallest absolute Gasteiger partial charge is 0.220 e. The molecule has 2 N–H and O–H groups in total. The molecule has 28 heavy (non-hydrogen) atoms. The minimum atomic E-state index is -0.240. The lowest BCUT2D eigenvalue weighted by atomic mass is 9.93. The summed E-state index contributed by atoms with van der Waals surface area (Å²) in [5.41, 5.74) is 9.62. The fraction of sp³-hybridized carbons (Fsp3) is 0.261. The van der Waals surface area contributed by atoms with Crippen molar-refractivity contribution >= 4 is 28.3 Å². The predicted molar refractivity (Wildman–Crippen MR) is 110 cm³/mol. The Kier molecular flexibility index (Phi) is 4.82. The number of fused-ring (bicyclic) bond motifs is 1. The molecular weight excluding hydrogens is 350 g/mol. The summed E-state index contributed by atoms with van der Waals surface area (Å²) in [5.74, 6) is -0.376. The molecule has 3 aromatic rings. The van der Waals surface area contributed by atoms with E-state index in [9.17, 15) is 9.59 Å². The number of amides is 1. The molecule has 1 aromatic heterocycles. The average molecular weight is 373 g/mol. The molecule has 5 heteroatoms. The monoisotopic (exact) mass is 373 g/mol. The van der Waals surface area contributed by atoms with Gasteiger partial charge in [0, 0.05) is 36.2 Å². The van der Waals surface area contributed by atoms with Gasteiger partial charge < -0.3 is 10.6 Å². The SMILES string of the molecule is Cc1ccc2ncc(C(=O)c3ccccc3)c(N3CCC(C(N)=O)CC3)c2c1. The first-order valence-electron chi connectivity index (χ1n) is 9.58. The van der Waals surface area contributed by atoms with Gasteiger partial charge in [-0.25, -0.2) is 0 Å². The molecule has 1 aliphatic rings. The number of aromatic nitrogens is 1. The molecule has 2 heterocycles. The van der Waals surface area contributed by atoms with E-state index in [2.05, 4.69) is 16.0 Å². The van der Waals surface area contributed by atoms with Crippen LogP contribution in [0, 0.1) is 12.8 Å². The number of ketones is 1. The zero-order valence-corrected chi connectivity index (χ0v) is 15.9. The number of rotatable bonds is 4. The largest absolute Gasteiger partial charge is 0.370 e. The van der Waals surface area contributed by atoms with Crippen molar-refractivity contribution in [3.63, 3.8) is 0 Å². The van der Waals surface area contributed by atoms with Crippen LogP contribution in [0.15, 0.2) is 54.7 Å². The van der Waals surface area contributed by atoms with E-state index in [1.165, 1.54) is 0 Å². The second-order valence-electron chi connectivity index (χ2n) is 7.40. The Balaban J connectivity index is 1.83. The number of primary amides is 1. The van der Waals surface area contributed by atoms with E-state index in [-0.39, 0.29) is 17.6 Å². The Bertz CT molecular complexity index is 1040. The molecule has 0 bridgehead atoms. The molecule has 2 aromatic carbocycles. The zero-order chi connectivity index (χ0) is 19.7. The summed E-state index contributed by atoms with van der Waals surface area (Å²) < 4.78 is 0. The first-order chi connectivity index (χ1) is 13.5. The van der Waals surface area contributed by atoms with Crippen LogP contribution in [-0.2, 0) is 4.79 Å². The van der Waals surface area contributed by atoms with Crippen LogP contribution in [0.2, 0.25) is 0 Å². The maximum Gasteiger partial charge on any atom is 0.220 e. The summed E-state index contributed by atoms with van der Waals surface area (Å²) in [4.78, 5) is 31.6. The van der Waals surface area contributed by atoms with Crippen molar-refractivity contribution in [2.24, 2.45) is 11.7 Å². The van der Waals surface area contributed by atoms with E-state index in [1.807, 2.05) is 49.4 Å². The fourth-order valence-electron chi connectivity index (χ4n) is 3.93. The summed E-state index contributed by atoms with van der Waals surface area (Å²) in [6.07, 6.45) is 3.08. The summed E-state index contributed by atoms with van der Waals surface area (Å²) in [6, 6.07) is 15.4. The molecule has 0 radical (unpaired) electrons. The summed E-state index contributed by atoms with van der Waals surface area (Å²) in [6.45, 7) is 3.42. The Labute approximate surface area is 164 Å². The number of carbonyl (C=O) groups is 2. The minimum absolute atomic E-state index is 0.0384. The fourth-order valence-corrected chi connectivity index (χ4v) is 3.93. The standard InChI is InChI=1S/C23H23N3O2/c1-15-7-8-20-18(13-15)21(26-11-9-17(10-12-26)23(24)28)19(14-25-20)22(27)16-5-3-2-4-6-16/h2-8,13-14,17H,9-12H2,1H3,(H2,24,28). The number of pyridine rings is 1. The summed E-state index contributed by atoms with van der Waals surface area (Å²) in [7, 11) is 0. The number of hydrogen-bond donors (Lipinski definition) is 1. The van der Waals surface area contributed by atoms with Crippen molar-refractivity contribution in [1.29, 1.82) is 0 Å². The number of anilines is 1. The number of carbonyl (C=O) groups excluding carboxylic acids is 2. The van der Waals surface area contributed by atoms with Crippen LogP contribution in [0.5, 0.6) is 0 Å². The topological polar surface area (TPSA) is 76.3 Å². The van der Waals surface area contributed by atoms with Gasteiger partial charge in [-0.05, 0) is 31.9 Å². The van der Waals surface area contributed by atoms with E-state index >= 15 is 0 Å². The van der Waals surface area contributed by atoms with Gasteiger partial charge in [-0.3, -0.25) is 14.6 Å². The van der Waals surface area contributed by atoms with Crippen molar-refractivity contribution in [3.8, 4) is 0 Å². The first-order valence-corrected chi connectivity index (χ1v) is 9.58. The van der Waals surface area contributed by atoms with Gasteiger partial charge in [0.1, 0.15) is 0 Å². The maximum absolute atomic E-state index is 13.3. The van der Waals surface area contributed by atoms with E-state index in [1.54, 1.807) is 6.20 Å². The van der Waals surface area contributed by atoms with Crippen LogP contribution < -0.4 is 10.6 Å². The molecule has 5 nitrogen and oxygen atoms in total. The Morgan fingerprint density at radius 1 is 1.07 bits per heavy atom. The molecule has 0 atom stereocenters. The molecule has 0 unspecified atom stereocenters. The Hall–Kier alpha value is -3.21. The van der Waals surface area contributed by atoms with Gasteiger partial charge in [-0.2, -0.15) is 0 Å². The molecule has 1 amide bonds. The second-order valence-corrected chi connectivity index (χ2v) is 7.40. The highest BCUT2D eigenvalue weighted by Crippen LogP contribution is 2.34. The second kappa shape index (κ2) is 7.43. The van der Waals surface area contributed by atoms with E-state index in [0.29, 0.717) is 37.1 Å². The van der Waals surface area contributed by atoms with Crippen LogP contribution in [0.25, 0.3) is 10.9 Å². The molecule has 1 saturated heterocycles. The molecule has 1 fully saturated rings. The lowest BCUT2D eigenvalue weighted by Crippen LogP contribution is -2.39. The number of aryl methyl sites for hydroxylation is 1. The van der Waals surface area contributed by atoms with Gasteiger partial charge in [0.05, 0.1) is 16.8 Å². The van der Waals surface area contributed by atoms with Crippen LogP contribution >= 0.6 is 0 Å². The molecule has 0 aliphatic carbocycles. The molecule has 1 aliphatic heterocycles. The molecular formula is C23H23N3O2. The summed E-state index contributed by atoms with van der Waals surface area (Å²) in [5, 5.41) is 0.972. The van der Waals surface area contributed by atoms with Crippen LogP contribution in [0.4, 0.5) is 5.69 Å². The summed E-state index contributed by atoms with van der Waals surface area (Å²) >= 11 is 0.